The molecule has 1 amide bonds. The van der Waals surface area contributed by atoms with Crippen LogP contribution in [0.1, 0.15) is 30.0 Å². The maximum atomic E-state index is 11.6. The van der Waals surface area contributed by atoms with Crippen molar-refractivity contribution in [3.05, 3.63) is 59.9 Å². The van der Waals surface area contributed by atoms with Crippen molar-refractivity contribution in [2.75, 3.05) is 0 Å². The van der Waals surface area contributed by atoms with E-state index in [2.05, 4.69) is 0 Å². The summed E-state index contributed by atoms with van der Waals surface area (Å²) >= 11 is 0. The molecule has 0 radical (unpaired) electrons. The Labute approximate surface area is 140 Å². The van der Waals surface area contributed by atoms with Crippen molar-refractivity contribution in [1.82, 2.24) is 0 Å². The van der Waals surface area contributed by atoms with Gasteiger partial charge in [-0.3, -0.25) is 4.79 Å². The van der Waals surface area contributed by atoms with Gasteiger partial charge in [-0.1, -0.05) is 30.3 Å². The van der Waals surface area contributed by atoms with Gasteiger partial charge >= 0.3 is 0 Å². The van der Waals surface area contributed by atoms with Gasteiger partial charge < -0.3 is 19.6 Å². The molecule has 0 unspecified atom stereocenters. The molecule has 24 heavy (non-hydrogen) atoms. The van der Waals surface area contributed by atoms with Gasteiger partial charge in [-0.15, -0.1) is 0 Å². The number of amides is 1. The molecule has 2 aromatic carbocycles. The molecule has 0 atom stereocenters. The third-order valence-corrected chi connectivity index (χ3v) is 3.44. The molecule has 0 aliphatic heterocycles. The predicted octanol–water partition coefficient (Wildman–Crippen LogP) is 3.90. The molecule has 3 rings (SSSR count). The van der Waals surface area contributed by atoms with E-state index in [9.17, 15) is 4.79 Å². The lowest BCUT2D eigenvalue weighted by atomic mass is 10.2. The first kappa shape index (κ1) is 15.9. The fourth-order valence-electron chi connectivity index (χ4n) is 2.40. The van der Waals surface area contributed by atoms with E-state index in [-0.39, 0.29) is 11.9 Å². The van der Waals surface area contributed by atoms with E-state index >= 15 is 0 Å². The number of primary amides is 1. The van der Waals surface area contributed by atoms with Crippen LogP contribution in [-0.4, -0.2) is 12.0 Å². The standard InChI is InChI=1S/C19H19NO4/c1-12(2)23-17-15-10-14(22-11-13-6-4-3-5-7-13)8-9-16(15)24-18(17)19(20)21/h3-10,12H,11H2,1-2H3,(H2,20,21). The molecule has 0 spiro atoms. The summed E-state index contributed by atoms with van der Waals surface area (Å²) in [7, 11) is 0. The van der Waals surface area contributed by atoms with E-state index in [1.165, 1.54) is 0 Å². The lowest BCUT2D eigenvalue weighted by Crippen LogP contribution is -2.14. The highest BCUT2D eigenvalue weighted by Gasteiger charge is 2.21. The second-order valence-corrected chi connectivity index (χ2v) is 5.72. The van der Waals surface area contributed by atoms with Crippen LogP contribution in [0.2, 0.25) is 0 Å². The highest BCUT2D eigenvalue weighted by molar-refractivity contribution is 6.01. The van der Waals surface area contributed by atoms with Crippen LogP contribution >= 0.6 is 0 Å². The van der Waals surface area contributed by atoms with E-state index < -0.39 is 5.91 Å². The van der Waals surface area contributed by atoms with Gasteiger partial charge in [0.05, 0.1) is 11.5 Å². The largest absolute Gasteiger partial charge is 0.489 e. The number of ether oxygens (including phenoxy) is 2. The molecular formula is C19H19NO4. The molecule has 1 aromatic heterocycles. The summed E-state index contributed by atoms with van der Waals surface area (Å²) in [5.41, 5.74) is 6.99. The SMILES string of the molecule is CC(C)Oc1c(C(N)=O)oc2ccc(OCc3ccccc3)cc12. The Morgan fingerprint density at radius 3 is 2.58 bits per heavy atom. The Balaban J connectivity index is 1.92. The van der Waals surface area contributed by atoms with Gasteiger partial charge in [-0.25, -0.2) is 0 Å². The van der Waals surface area contributed by atoms with Crippen molar-refractivity contribution < 1.29 is 18.7 Å². The Morgan fingerprint density at radius 2 is 1.92 bits per heavy atom. The van der Waals surface area contributed by atoms with Crippen LogP contribution in [-0.2, 0) is 6.61 Å². The fourth-order valence-corrected chi connectivity index (χ4v) is 2.40. The minimum atomic E-state index is -0.659. The zero-order chi connectivity index (χ0) is 17.1. The lowest BCUT2D eigenvalue weighted by Gasteiger charge is -2.09. The topological polar surface area (TPSA) is 74.7 Å². The summed E-state index contributed by atoms with van der Waals surface area (Å²) in [6, 6.07) is 15.2. The predicted molar refractivity (Wildman–Crippen MR) is 91.3 cm³/mol. The van der Waals surface area contributed by atoms with Crippen LogP contribution in [0.3, 0.4) is 0 Å². The number of furan rings is 1. The molecule has 0 saturated carbocycles. The van der Waals surface area contributed by atoms with Gasteiger partial charge in [0.25, 0.3) is 5.91 Å². The number of rotatable bonds is 6. The van der Waals surface area contributed by atoms with Crippen molar-refractivity contribution in [1.29, 1.82) is 0 Å². The maximum Gasteiger partial charge on any atom is 0.288 e. The summed E-state index contributed by atoms with van der Waals surface area (Å²) < 4.78 is 17.1. The fraction of sp³-hybridized carbons (Fsp3) is 0.211. The molecule has 5 heteroatoms. The zero-order valence-electron chi connectivity index (χ0n) is 13.6. The number of benzene rings is 2. The monoisotopic (exact) mass is 325 g/mol. The zero-order valence-corrected chi connectivity index (χ0v) is 13.6. The number of nitrogens with two attached hydrogens (primary N) is 1. The summed E-state index contributed by atoms with van der Waals surface area (Å²) in [6.45, 7) is 4.20. The highest BCUT2D eigenvalue weighted by Crippen LogP contribution is 2.36. The normalized spacial score (nSPS) is 11.0. The molecule has 3 aromatic rings. The molecule has 0 fully saturated rings. The average molecular weight is 325 g/mol. The lowest BCUT2D eigenvalue weighted by molar-refractivity contribution is 0.0968. The summed E-state index contributed by atoms with van der Waals surface area (Å²) in [4.78, 5) is 11.6. The Bertz CT molecular complexity index is 852. The number of carbonyl (C=O) groups excluding carboxylic acids is 1. The van der Waals surface area contributed by atoms with Crippen LogP contribution in [0.5, 0.6) is 11.5 Å². The first-order valence-corrected chi connectivity index (χ1v) is 7.74. The summed E-state index contributed by atoms with van der Waals surface area (Å²) in [5.74, 6) is 0.391. The van der Waals surface area contributed by atoms with Crippen LogP contribution in [0.25, 0.3) is 11.0 Å². The Hall–Kier alpha value is -2.95. The van der Waals surface area contributed by atoms with Gasteiger partial charge in [0.2, 0.25) is 5.76 Å². The molecule has 5 nitrogen and oxygen atoms in total. The molecule has 0 aliphatic carbocycles. The molecule has 1 heterocycles. The van der Waals surface area contributed by atoms with E-state index in [0.29, 0.717) is 29.1 Å². The maximum absolute atomic E-state index is 11.6. The van der Waals surface area contributed by atoms with E-state index in [1.807, 2.05) is 44.2 Å². The van der Waals surface area contributed by atoms with Crippen molar-refractivity contribution in [3.63, 3.8) is 0 Å². The van der Waals surface area contributed by atoms with Crippen molar-refractivity contribution in [2.24, 2.45) is 5.73 Å². The van der Waals surface area contributed by atoms with Crippen LogP contribution in [0.4, 0.5) is 0 Å². The van der Waals surface area contributed by atoms with Gasteiger partial charge in [-0.2, -0.15) is 0 Å². The summed E-state index contributed by atoms with van der Waals surface area (Å²) in [5, 5.41) is 0.670. The number of fused-ring (bicyclic) bond motifs is 1. The second kappa shape index (κ2) is 6.66. The number of hydrogen-bond donors (Lipinski definition) is 1. The summed E-state index contributed by atoms with van der Waals surface area (Å²) in [6.07, 6.45) is -0.113. The number of hydrogen-bond acceptors (Lipinski definition) is 4. The third kappa shape index (κ3) is 3.35. The van der Waals surface area contributed by atoms with Crippen molar-refractivity contribution in [2.45, 2.75) is 26.6 Å². The quantitative estimate of drug-likeness (QED) is 0.746. The van der Waals surface area contributed by atoms with E-state index in [4.69, 9.17) is 19.6 Å². The van der Waals surface area contributed by atoms with E-state index in [0.717, 1.165) is 5.56 Å². The van der Waals surface area contributed by atoms with Gasteiger partial charge in [0, 0.05) is 0 Å². The van der Waals surface area contributed by atoms with Gasteiger partial charge in [-0.05, 0) is 37.6 Å². The number of carbonyl (C=O) groups is 1. The highest BCUT2D eigenvalue weighted by atomic mass is 16.5. The average Bonchev–Trinajstić information content (AvgIpc) is 2.91. The van der Waals surface area contributed by atoms with E-state index in [1.54, 1.807) is 18.2 Å². The Kier molecular flexibility index (Phi) is 4.42. The smallest absolute Gasteiger partial charge is 0.288 e. The molecule has 2 N–H and O–H groups in total. The first-order valence-electron chi connectivity index (χ1n) is 7.74. The van der Waals surface area contributed by atoms with Gasteiger partial charge in [0.15, 0.2) is 5.75 Å². The molecule has 0 bridgehead atoms. The van der Waals surface area contributed by atoms with Crippen LogP contribution < -0.4 is 15.2 Å². The van der Waals surface area contributed by atoms with Crippen LogP contribution in [0, 0.1) is 0 Å². The molecule has 124 valence electrons. The minimum absolute atomic E-state index is 0.0268. The first-order chi connectivity index (χ1) is 11.5. The van der Waals surface area contributed by atoms with Gasteiger partial charge in [0.1, 0.15) is 17.9 Å². The molecule has 0 saturated heterocycles. The van der Waals surface area contributed by atoms with Crippen LogP contribution in [0.15, 0.2) is 52.9 Å². The van der Waals surface area contributed by atoms with Crippen molar-refractivity contribution >= 4 is 16.9 Å². The molecular weight excluding hydrogens is 306 g/mol. The van der Waals surface area contributed by atoms with Crippen molar-refractivity contribution in [3.8, 4) is 11.5 Å². The minimum Gasteiger partial charge on any atom is -0.489 e. The second-order valence-electron chi connectivity index (χ2n) is 5.72. The Morgan fingerprint density at radius 1 is 1.17 bits per heavy atom. The third-order valence-electron chi connectivity index (χ3n) is 3.44. The molecule has 0 aliphatic rings.